The first kappa shape index (κ1) is 11.3. The van der Waals surface area contributed by atoms with Crippen molar-refractivity contribution < 1.29 is 4.74 Å². The third-order valence-corrected chi connectivity index (χ3v) is 2.71. The Bertz CT molecular complexity index is 774. The van der Waals surface area contributed by atoms with Crippen molar-refractivity contribution in [3.63, 3.8) is 0 Å². The predicted octanol–water partition coefficient (Wildman–Crippen LogP) is 2.57. The Morgan fingerprint density at radius 1 is 1.32 bits per heavy atom. The Kier molecular flexibility index (Phi) is 2.88. The maximum atomic E-state index is 8.21. The number of hydrogen-bond acceptors (Lipinski definition) is 4. The van der Waals surface area contributed by atoms with E-state index in [4.69, 9.17) is 10.3 Å². The molecular weight excluding hydrogens is 244 g/mol. The van der Waals surface area contributed by atoms with Crippen LogP contribution in [0.25, 0.3) is 26.9 Å². The third kappa shape index (κ3) is 2.02. The lowest BCUT2D eigenvalue weighted by Crippen LogP contribution is -2.07. The van der Waals surface area contributed by atoms with Gasteiger partial charge in [-0.15, -0.1) is 0 Å². The highest BCUT2D eigenvalue weighted by Gasteiger charge is 2.09. The second-order valence-corrected chi connectivity index (χ2v) is 3.84. The molecule has 0 bridgehead atoms. The lowest BCUT2D eigenvalue weighted by atomic mass is 10.2. The van der Waals surface area contributed by atoms with Gasteiger partial charge in [-0.25, -0.2) is 0 Å². The molecule has 0 fully saturated rings. The zero-order valence-corrected chi connectivity index (χ0v) is 9.97. The lowest BCUT2D eigenvalue weighted by Gasteiger charge is -2.07. The molecule has 0 atom stereocenters. The van der Waals surface area contributed by atoms with E-state index in [2.05, 4.69) is 20.1 Å². The number of fused-ring (bicyclic) bond motifs is 3. The van der Waals surface area contributed by atoms with Gasteiger partial charge in [-0.2, -0.15) is 14.6 Å². The van der Waals surface area contributed by atoms with E-state index in [0.717, 1.165) is 16.4 Å². The van der Waals surface area contributed by atoms with E-state index in [0.29, 0.717) is 6.01 Å². The fourth-order valence-electron chi connectivity index (χ4n) is 1.91. The minimum absolute atomic E-state index is 0.258. The van der Waals surface area contributed by atoms with Gasteiger partial charge < -0.3 is 4.74 Å². The monoisotopic (exact) mass is 254 g/mol. The molecule has 0 radical (unpaired) electrons. The van der Waals surface area contributed by atoms with Gasteiger partial charge in [0.05, 0.1) is 30.4 Å². The maximum Gasteiger partial charge on any atom is 0.318 e. The molecule has 0 aliphatic carbocycles. The molecule has 7 heteroatoms. The van der Waals surface area contributed by atoms with Gasteiger partial charge in [-0.05, 0) is 17.7 Å². The van der Waals surface area contributed by atoms with Crippen LogP contribution in [0.2, 0.25) is 0 Å². The molecule has 0 aliphatic heterocycles. The molecule has 2 aromatic heterocycles. The van der Waals surface area contributed by atoms with E-state index in [9.17, 15) is 0 Å². The van der Waals surface area contributed by atoms with E-state index in [-0.39, 0.29) is 13.2 Å². The van der Waals surface area contributed by atoms with Crippen molar-refractivity contribution in [1.29, 1.82) is 0 Å². The normalized spacial score (nSPS) is 10.5. The number of aromatic nitrogens is 3. The first-order valence-electron chi connectivity index (χ1n) is 5.76. The SMILES string of the molecule is [N-]=[N+]=NCCOc1nc2ccccc2c2ccnn12. The number of para-hydroxylation sites is 1. The molecule has 0 saturated carbocycles. The third-order valence-electron chi connectivity index (χ3n) is 2.71. The smallest absolute Gasteiger partial charge is 0.318 e. The average Bonchev–Trinajstić information content (AvgIpc) is 2.93. The first-order chi connectivity index (χ1) is 9.40. The van der Waals surface area contributed by atoms with Crippen LogP contribution in [-0.2, 0) is 0 Å². The van der Waals surface area contributed by atoms with Gasteiger partial charge >= 0.3 is 6.01 Å². The van der Waals surface area contributed by atoms with Crippen LogP contribution < -0.4 is 4.74 Å². The quantitative estimate of drug-likeness (QED) is 0.310. The highest BCUT2D eigenvalue weighted by atomic mass is 16.5. The molecule has 94 valence electrons. The Balaban J connectivity index is 2.06. The number of nitrogens with zero attached hydrogens (tertiary/aromatic N) is 6. The largest absolute Gasteiger partial charge is 0.463 e. The van der Waals surface area contributed by atoms with Crippen LogP contribution in [0.4, 0.5) is 0 Å². The van der Waals surface area contributed by atoms with Gasteiger partial charge in [0.15, 0.2) is 0 Å². The van der Waals surface area contributed by atoms with Gasteiger partial charge in [0, 0.05) is 10.3 Å². The van der Waals surface area contributed by atoms with Crippen LogP contribution in [-0.4, -0.2) is 27.7 Å². The summed E-state index contributed by atoms with van der Waals surface area (Å²) in [5.41, 5.74) is 9.99. The summed E-state index contributed by atoms with van der Waals surface area (Å²) in [6, 6.07) is 10.1. The van der Waals surface area contributed by atoms with Crippen molar-refractivity contribution in [3.8, 4) is 6.01 Å². The van der Waals surface area contributed by atoms with Gasteiger partial charge in [-0.3, -0.25) is 0 Å². The number of rotatable bonds is 4. The summed E-state index contributed by atoms with van der Waals surface area (Å²) >= 11 is 0. The van der Waals surface area contributed by atoms with Crippen LogP contribution in [0.1, 0.15) is 0 Å². The second-order valence-electron chi connectivity index (χ2n) is 3.84. The molecule has 0 spiro atoms. The van der Waals surface area contributed by atoms with Crippen molar-refractivity contribution in [1.82, 2.24) is 14.6 Å². The fourth-order valence-corrected chi connectivity index (χ4v) is 1.91. The lowest BCUT2D eigenvalue weighted by molar-refractivity contribution is 0.294. The van der Waals surface area contributed by atoms with Crippen molar-refractivity contribution in [2.45, 2.75) is 0 Å². The van der Waals surface area contributed by atoms with Gasteiger partial charge in [-0.1, -0.05) is 23.3 Å². The molecule has 1 aromatic carbocycles. The van der Waals surface area contributed by atoms with E-state index in [1.807, 2.05) is 30.3 Å². The molecule has 3 aromatic rings. The molecule has 0 N–H and O–H groups in total. The number of benzene rings is 1. The van der Waals surface area contributed by atoms with Gasteiger partial charge in [0.2, 0.25) is 0 Å². The molecule has 3 rings (SSSR count). The van der Waals surface area contributed by atoms with Crippen molar-refractivity contribution in [2.75, 3.05) is 13.2 Å². The molecule has 19 heavy (non-hydrogen) atoms. The summed E-state index contributed by atoms with van der Waals surface area (Å²) in [5, 5.41) is 8.62. The molecule has 7 nitrogen and oxygen atoms in total. The van der Waals surface area contributed by atoms with Gasteiger partial charge in [0.25, 0.3) is 0 Å². The van der Waals surface area contributed by atoms with Crippen LogP contribution in [0.3, 0.4) is 0 Å². The number of azide groups is 1. The van der Waals surface area contributed by atoms with Crippen LogP contribution in [0.5, 0.6) is 6.01 Å². The average molecular weight is 254 g/mol. The maximum absolute atomic E-state index is 8.21. The highest BCUT2D eigenvalue weighted by Crippen LogP contribution is 2.22. The van der Waals surface area contributed by atoms with Crippen LogP contribution in [0.15, 0.2) is 41.6 Å². The minimum Gasteiger partial charge on any atom is -0.463 e. The molecule has 0 unspecified atom stereocenters. The summed E-state index contributed by atoms with van der Waals surface area (Å²) in [6.45, 7) is 0.526. The highest BCUT2D eigenvalue weighted by molar-refractivity contribution is 5.93. The van der Waals surface area contributed by atoms with Crippen LogP contribution in [0, 0.1) is 0 Å². The standard InChI is InChI=1S/C12H10N6O/c13-17-14-7-8-19-12-16-10-4-2-1-3-9(10)11-5-6-15-18(11)12/h1-6H,7-8H2. The van der Waals surface area contributed by atoms with Crippen LogP contribution >= 0.6 is 0 Å². The number of hydrogen-bond donors (Lipinski definition) is 0. The molecule has 2 heterocycles. The zero-order chi connectivity index (χ0) is 13.1. The van der Waals surface area contributed by atoms with Crippen molar-refractivity contribution in [2.24, 2.45) is 5.11 Å². The zero-order valence-electron chi connectivity index (χ0n) is 9.97. The molecule has 0 aliphatic rings. The summed E-state index contributed by atoms with van der Waals surface area (Å²) < 4.78 is 7.15. The molecular formula is C12H10N6O. The summed E-state index contributed by atoms with van der Waals surface area (Å²) in [6.07, 6.45) is 1.70. The minimum atomic E-state index is 0.258. The first-order valence-corrected chi connectivity index (χ1v) is 5.76. The van der Waals surface area contributed by atoms with Crippen molar-refractivity contribution >= 4 is 16.4 Å². The Labute approximate surface area is 108 Å². The van der Waals surface area contributed by atoms with Crippen molar-refractivity contribution in [3.05, 3.63) is 47.0 Å². The number of ether oxygens (including phenoxy) is 1. The Morgan fingerprint density at radius 2 is 2.21 bits per heavy atom. The summed E-state index contributed by atoms with van der Waals surface area (Å²) in [7, 11) is 0. The fraction of sp³-hybridized carbons (Fsp3) is 0.167. The molecule has 0 saturated heterocycles. The second kappa shape index (κ2) is 4.83. The van der Waals surface area contributed by atoms with E-state index >= 15 is 0 Å². The van der Waals surface area contributed by atoms with Gasteiger partial charge in [0.1, 0.15) is 0 Å². The predicted molar refractivity (Wildman–Crippen MR) is 70.0 cm³/mol. The van der Waals surface area contributed by atoms with E-state index in [1.165, 1.54) is 0 Å². The Hall–Kier alpha value is -2.79. The summed E-state index contributed by atoms with van der Waals surface area (Å²) in [5.74, 6) is 0. The Morgan fingerprint density at radius 3 is 3.11 bits per heavy atom. The molecule has 0 amide bonds. The van der Waals surface area contributed by atoms with E-state index in [1.54, 1.807) is 10.7 Å². The summed E-state index contributed by atoms with van der Waals surface area (Å²) in [4.78, 5) is 7.09. The van der Waals surface area contributed by atoms with E-state index < -0.39 is 0 Å². The topological polar surface area (TPSA) is 88.2 Å².